The van der Waals surface area contributed by atoms with E-state index in [1.807, 2.05) is 13.1 Å². The molecule has 0 aromatic rings. The maximum atomic E-state index is 10.2. The van der Waals surface area contributed by atoms with Crippen molar-refractivity contribution in [2.24, 2.45) is 0 Å². The monoisotopic (exact) mass is 435 g/mol. The van der Waals surface area contributed by atoms with E-state index in [2.05, 4.69) is 37.5 Å². The average Bonchev–Trinajstić information content (AvgIpc) is 3.19. The highest BCUT2D eigenvalue weighted by Gasteiger charge is 2.40. The summed E-state index contributed by atoms with van der Waals surface area (Å²) in [5.74, 6) is 0. The molecule has 1 rings (SSSR count). The lowest BCUT2D eigenvalue weighted by molar-refractivity contribution is -0.942. The van der Waals surface area contributed by atoms with Crippen molar-refractivity contribution in [3.05, 3.63) is 24.6 Å². The van der Waals surface area contributed by atoms with Crippen molar-refractivity contribution in [2.45, 2.75) is 149 Å². The molecule has 3 atom stereocenters. The number of nitrogens with zero attached hydrogens (tertiary/aromatic N) is 1. The molecule has 1 heterocycles. The van der Waals surface area contributed by atoms with Gasteiger partial charge in [0, 0.05) is 13.3 Å². The maximum absolute atomic E-state index is 10.2. The number of nitrogens with one attached hydrogen (secondary N) is 1. The first-order valence-electron chi connectivity index (χ1n) is 13.8. The molecule has 182 valence electrons. The van der Waals surface area contributed by atoms with E-state index in [1.165, 1.54) is 109 Å². The number of unbranched alkanes of at least 4 members (excludes halogenated alkanes) is 15. The van der Waals surface area contributed by atoms with Crippen LogP contribution in [-0.4, -0.2) is 28.5 Å². The number of rotatable bonds is 21. The fourth-order valence-electron chi connectivity index (χ4n) is 4.95. The van der Waals surface area contributed by atoms with Gasteiger partial charge in [0.1, 0.15) is 6.20 Å². The van der Waals surface area contributed by atoms with Crippen molar-refractivity contribution in [1.82, 2.24) is 5.32 Å². The molecule has 0 bridgehead atoms. The van der Waals surface area contributed by atoms with E-state index < -0.39 is 0 Å². The smallest absolute Gasteiger partial charge is 0.193 e. The first-order valence-corrected chi connectivity index (χ1v) is 13.8. The van der Waals surface area contributed by atoms with Gasteiger partial charge in [-0.1, -0.05) is 96.1 Å². The molecular weight excluding hydrogens is 380 g/mol. The Morgan fingerprint density at radius 2 is 1.26 bits per heavy atom. The van der Waals surface area contributed by atoms with Crippen LogP contribution in [-0.2, 0) is 0 Å². The van der Waals surface area contributed by atoms with E-state index >= 15 is 0 Å². The molecule has 0 amide bonds. The highest BCUT2D eigenvalue weighted by Crippen LogP contribution is 2.25. The number of hydrogen-bond donors (Lipinski definition) is 2. The summed E-state index contributed by atoms with van der Waals surface area (Å²) in [6, 6.07) is 0. The van der Waals surface area contributed by atoms with Gasteiger partial charge in [0.2, 0.25) is 0 Å². The zero-order chi connectivity index (χ0) is 22.6. The van der Waals surface area contributed by atoms with Crippen molar-refractivity contribution in [3.63, 3.8) is 0 Å². The van der Waals surface area contributed by atoms with Gasteiger partial charge in [-0.2, -0.15) is 0 Å². The second kappa shape index (κ2) is 18.7. The Morgan fingerprint density at radius 3 is 1.74 bits per heavy atom. The van der Waals surface area contributed by atoms with E-state index in [0.29, 0.717) is 10.6 Å². The van der Waals surface area contributed by atoms with Crippen molar-refractivity contribution in [3.8, 4) is 0 Å². The van der Waals surface area contributed by atoms with Gasteiger partial charge < -0.3 is 10.4 Å². The van der Waals surface area contributed by atoms with E-state index in [-0.39, 0.29) is 6.23 Å². The van der Waals surface area contributed by atoms with Gasteiger partial charge in [0.15, 0.2) is 12.4 Å². The van der Waals surface area contributed by atoms with Gasteiger partial charge in [0.05, 0.1) is 12.7 Å². The number of aliphatic hydroxyl groups excluding tert-OH is 1. The molecule has 1 aliphatic heterocycles. The van der Waals surface area contributed by atoms with Gasteiger partial charge >= 0.3 is 0 Å². The second-order valence-electron chi connectivity index (χ2n) is 9.73. The van der Waals surface area contributed by atoms with Crippen molar-refractivity contribution >= 4 is 0 Å². The first-order chi connectivity index (χ1) is 15.2. The van der Waals surface area contributed by atoms with Crippen LogP contribution in [0.4, 0.5) is 0 Å². The molecule has 0 saturated carbocycles. The van der Waals surface area contributed by atoms with Crippen LogP contribution in [0.2, 0.25) is 0 Å². The van der Waals surface area contributed by atoms with Crippen LogP contribution in [0.3, 0.4) is 0 Å². The normalized spacial score (nSPS) is 21.7. The van der Waals surface area contributed by atoms with Gasteiger partial charge in [-0.25, -0.2) is 0 Å². The first kappa shape index (κ1) is 28.2. The SMILES string of the molecule is CCCCCCCCCCC/C=C/CCCCCCCCC1NC=C[N+]1(CC)C(C)O. The molecular formula is C28H55N2O+. The summed E-state index contributed by atoms with van der Waals surface area (Å²) >= 11 is 0. The Labute approximate surface area is 195 Å². The predicted octanol–water partition coefficient (Wildman–Crippen LogP) is 8.16. The minimum Gasteiger partial charge on any atom is -0.345 e. The minimum atomic E-state index is -0.338. The second-order valence-corrected chi connectivity index (χ2v) is 9.73. The lowest BCUT2D eigenvalue weighted by Crippen LogP contribution is -2.57. The van der Waals surface area contributed by atoms with E-state index in [0.717, 1.165) is 13.0 Å². The minimum absolute atomic E-state index is 0.338. The van der Waals surface area contributed by atoms with Crippen LogP contribution < -0.4 is 5.32 Å². The van der Waals surface area contributed by atoms with Crippen LogP contribution in [0.15, 0.2) is 24.6 Å². The molecule has 3 nitrogen and oxygen atoms in total. The quantitative estimate of drug-likeness (QED) is 0.108. The summed E-state index contributed by atoms with van der Waals surface area (Å²) in [5, 5.41) is 13.7. The van der Waals surface area contributed by atoms with Crippen molar-refractivity contribution < 1.29 is 9.59 Å². The lowest BCUT2D eigenvalue weighted by atomic mass is 10.1. The Balaban J connectivity index is 1.85. The highest BCUT2D eigenvalue weighted by molar-refractivity contribution is 4.84. The molecule has 0 aromatic heterocycles. The van der Waals surface area contributed by atoms with Gasteiger partial charge in [-0.05, 0) is 39.0 Å². The van der Waals surface area contributed by atoms with Crippen LogP contribution in [0, 0.1) is 0 Å². The largest absolute Gasteiger partial charge is 0.345 e. The number of hydrogen-bond acceptors (Lipinski definition) is 2. The van der Waals surface area contributed by atoms with Crippen LogP contribution in [0.25, 0.3) is 0 Å². The number of allylic oxidation sites excluding steroid dienone is 2. The summed E-state index contributed by atoms with van der Waals surface area (Å²) in [4.78, 5) is 0. The Kier molecular flexibility index (Phi) is 17.1. The highest BCUT2D eigenvalue weighted by atomic mass is 16.3. The Morgan fingerprint density at radius 1 is 0.774 bits per heavy atom. The summed E-state index contributed by atoms with van der Waals surface area (Å²) in [7, 11) is 0. The van der Waals surface area contributed by atoms with Crippen LogP contribution in [0.5, 0.6) is 0 Å². The summed E-state index contributed by atoms with van der Waals surface area (Å²) in [6.45, 7) is 7.32. The standard InChI is InChI=1S/C28H55N2O/c1-4-6-7-8-9-10-11-12-13-14-15-16-17-18-19-20-21-22-23-24-28-29-25-26-30(28,5-2)27(3)31/h15-16,25-29,31H,4-14,17-24H2,1-3H3/q+1/b16-15+. The summed E-state index contributed by atoms with van der Waals surface area (Å²) in [6.07, 6.45) is 33.5. The molecule has 1 aliphatic rings. The summed E-state index contributed by atoms with van der Waals surface area (Å²) in [5.41, 5.74) is 0. The fraction of sp³-hybridized carbons (Fsp3) is 0.857. The lowest BCUT2D eigenvalue weighted by Gasteiger charge is -2.39. The van der Waals surface area contributed by atoms with Gasteiger partial charge in [-0.15, -0.1) is 0 Å². The third kappa shape index (κ3) is 12.1. The zero-order valence-corrected chi connectivity index (χ0v) is 21.3. The Hall–Kier alpha value is -0.800. The third-order valence-electron chi connectivity index (χ3n) is 7.20. The van der Waals surface area contributed by atoms with Crippen molar-refractivity contribution in [1.29, 1.82) is 0 Å². The van der Waals surface area contributed by atoms with Crippen LogP contribution in [0.1, 0.15) is 136 Å². The van der Waals surface area contributed by atoms with Crippen molar-refractivity contribution in [2.75, 3.05) is 6.54 Å². The Bertz CT molecular complexity index is 460. The zero-order valence-electron chi connectivity index (χ0n) is 21.3. The van der Waals surface area contributed by atoms with E-state index in [1.54, 1.807) is 0 Å². The fourth-order valence-corrected chi connectivity index (χ4v) is 4.95. The molecule has 0 saturated heterocycles. The average molecular weight is 436 g/mol. The molecule has 31 heavy (non-hydrogen) atoms. The van der Waals surface area contributed by atoms with Gasteiger partial charge in [0.25, 0.3) is 0 Å². The number of quaternary nitrogens is 1. The van der Waals surface area contributed by atoms with E-state index in [4.69, 9.17) is 0 Å². The topological polar surface area (TPSA) is 32.3 Å². The molecule has 3 unspecified atom stereocenters. The predicted molar refractivity (Wildman–Crippen MR) is 136 cm³/mol. The number of aliphatic hydroxyl groups is 1. The molecule has 0 fully saturated rings. The van der Waals surface area contributed by atoms with E-state index in [9.17, 15) is 5.11 Å². The summed E-state index contributed by atoms with van der Waals surface area (Å²) < 4.78 is 0.672. The molecule has 0 aromatic carbocycles. The molecule has 0 spiro atoms. The molecule has 0 radical (unpaired) electrons. The third-order valence-corrected chi connectivity index (χ3v) is 7.20. The van der Waals surface area contributed by atoms with Gasteiger partial charge in [-0.3, -0.25) is 4.48 Å². The van der Waals surface area contributed by atoms with Crippen LogP contribution >= 0.6 is 0 Å². The molecule has 0 aliphatic carbocycles. The molecule has 3 heteroatoms. The molecule has 2 N–H and O–H groups in total. The maximum Gasteiger partial charge on any atom is 0.193 e.